The quantitative estimate of drug-likeness (QED) is 0.712. The van der Waals surface area contributed by atoms with E-state index in [9.17, 15) is 16.8 Å². The second-order valence-electron chi connectivity index (χ2n) is 5.68. The first-order chi connectivity index (χ1) is 11.6. The van der Waals surface area contributed by atoms with Gasteiger partial charge in [-0.3, -0.25) is 9.40 Å². The highest BCUT2D eigenvalue weighted by Gasteiger charge is 2.34. The molecule has 1 unspecified atom stereocenters. The Balaban J connectivity index is 1.94. The summed E-state index contributed by atoms with van der Waals surface area (Å²) in [5, 5.41) is 12.1. The van der Waals surface area contributed by atoms with Gasteiger partial charge in [0, 0.05) is 0 Å². The molecule has 1 fully saturated rings. The lowest BCUT2D eigenvalue weighted by atomic mass is 10.2. The third kappa shape index (κ3) is 3.68. The van der Waals surface area contributed by atoms with Crippen LogP contribution in [0.15, 0.2) is 9.24 Å². The average Bonchev–Trinajstić information content (AvgIpc) is 3.16. The largest absolute Gasteiger partial charge is 0.267 e. The Labute approximate surface area is 154 Å². The molecule has 1 atom stereocenters. The van der Waals surface area contributed by atoms with E-state index in [4.69, 9.17) is 0 Å². The van der Waals surface area contributed by atoms with E-state index >= 15 is 0 Å². The molecular weight excluding hydrogens is 406 g/mol. The Morgan fingerprint density at radius 2 is 2.04 bits per heavy atom. The van der Waals surface area contributed by atoms with Crippen molar-refractivity contribution in [3.05, 3.63) is 11.4 Å². The van der Waals surface area contributed by atoms with Crippen molar-refractivity contribution >= 4 is 48.1 Å². The number of hydrogen-bond acceptors (Lipinski definition) is 9. The molecule has 0 aliphatic carbocycles. The van der Waals surface area contributed by atoms with Gasteiger partial charge in [-0.1, -0.05) is 23.1 Å². The molecule has 1 aliphatic rings. The zero-order valence-electron chi connectivity index (χ0n) is 13.8. The number of aromatic nitrogens is 4. The summed E-state index contributed by atoms with van der Waals surface area (Å²) in [6, 6.07) is -0.336. The van der Waals surface area contributed by atoms with Crippen LogP contribution in [-0.4, -0.2) is 54.6 Å². The zero-order chi connectivity index (χ0) is 18.4. The van der Waals surface area contributed by atoms with Gasteiger partial charge in [0.15, 0.2) is 14.2 Å². The molecule has 25 heavy (non-hydrogen) atoms. The van der Waals surface area contributed by atoms with Crippen LogP contribution in [0.25, 0.3) is 0 Å². The summed E-state index contributed by atoms with van der Waals surface area (Å²) < 4.78 is 53.5. The van der Waals surface area contributed by atoms with E-state index in [1.54, 1.807) is 13.8 Å². The maximum absolute atomic E-state index is 12.7. The highest BCUT2D eigenvalue weighted by Crippen LogP contribution is 2.31. The van der Waals surface area contributed by atoms with E-state index in [1.165, 1.54) is 16.4 Å². The van der Waals surface area contributed by atoms with Crippen molar-refractivity contribution in [3.63, 3.8) is 0 Å². The van der Waals surface area contributed by atoms with Crippen LogP contribution in [0, 0.1) is 13.8 Å². The third-order valence-electron chi connectivity index (χ3n) is 3.88. The number of sulfone groups is 1. The first-order valence-corrected chi connectivity index (χ1v) is 12.6. The summed E-state index contributed by atoms with van der Waals surface area (Å²) in [6.07, 6.45) is 2.26. The first-order valence-electron chi connectivity index (χ1n) is 7.29. The minimum Gasteiger partial charge on any atom is -0.264 e. The molecule has 1 saturated heterocycles. The van der Waals surface area contributed by atoms with E-state index in [0.29, 0.717) is 22.1 Å². The molecule has 0 aromatic carbocycles. The molecule has 9 nitrogen and oxygen atoms in total. The summed E-state index contributed by atoms with van der Waals surface area (Å²) >= 11 is 2.52. The number of thioether (sulfide) groups is 1. The summed E-state index contributed by atoms with van der Waals surface area (Å²) in [7, 11) is -6.98. The monoisotopic (exact) mass is 423 g/mol. The Morgan fingerprint density at radius 3 is 2.60 bits per heavy atom. The lowest BCUT2D eigenvalue weighted by Gasteiger charge is -2.11. The van der Waals surface area contributed by atoms with Gasteiger partial charge in [0.2, 0.25) is 5.13 Å². The van der Waals surface area contributed by atoms with Crippen LogP contribution < -0.4 is 4.72 Å². The Hall–Kier alpha value is -1.18. The minimum absolute atomic E-state index is 0.0185. The molecule has 3 heterocycles. The Kier molecular flexibility index (Phi) is 4.85. The van der Waals surface area contributed by atoms with Crippen molar-refractivity contribution in [2.24, 2.45) is 0 Å². The van der Waals surface area contributed by atoms with Gasteiger partial charge in [-0.15, -0.1) is 10.2 Å². The smallest absolute Gasteiger partial charge is 0.264 e. The van der Waals surface area contributed by atoms with E-state index < -0.39 is 19.9 Å². The standard InChI is InChI=1S/C12H17N5O4S4/c1-7-10(25(20,21)16-11-13-14-12(22-3)23-11)8(2)17(15-7)9-4-5-24(18,19)6-9/h9H,4-6H2,1-3H3,(H,13,16). The molecule has 0 saturated carbocycles. The average molecular weight is 424 g/mol. The molecule has 0 amide bonds. The van der Waals surface area contributed by atoms with Gasteiger partial charge in [0.25, 0.3) is 10.0 Å². The fraction of sp³-hybridized carbons (Fsp3) is 0.583. The van der Waals surface area contributed by atoms with E-state index in [2.05, 4.69) is 20.0 Å². The fourth-order valence-corrected chi connectivity index (χ4v) is 7.35. The van der Waals surface area contributed by atoms with Crippen LogP contribution in [0.2, 0.25) is 0 Å². The summed E-state index contributed by atoms with van der Waals surface area (Å²) in [5.41, 5.74) is 0.741. The maximum atomic E-state index is 12.7. The summed E-state index contributed by atoms with van der Waals surface area (Å²) in [5.74, 6) is 0.0773. The topological polar surface area (TPSA) is 124 Å². The van der Waals surface area contributed by atoms with Gasteiger partial charge < -0.3 is 0 Å². The van der Waals surface area contributed by atoms with Crippen LogP contribution in [0.4, 0.5) is 5.13 Å². The molecule has 0 spiro atoms. The molecule has 2 aromatic heterocycles. The molecule has 3 rings (SSSR count). The Bertz CT molecular complexity index is 1010. The number of anilines is 1. The molecule has 0 bridgehead atoms. The number of nitrogens with one attached hydrogen (secondary N) is 1. The fourth-order valence-electron chi connectivity index (χ4n) is 2.86. The highest BCUT2D eigenvalue weighted by atomic mass is 32.2. The predicted molar refractivity (Wildman–Crippen MR) is 96.5 cm³/mol. The van der Waals surface area contributed by atoms with Crippen molar-refractivity contribution in [2.45, 2.75) is 35.5 Å². The van der Waals surface area contributed by atoms with Gasteiger partial charge in [-0.2, -0.15) is 5.10 Å². The number of aryl methyl sites for hydroxylation is 1. The summed E-state index contributed by atoms with van der Waals surface area (Å²) in [6.45, 7) is 3.22. The van der Waals surface area contributed by atoms with Crippen molar-refractivity contribution in [1.29, 1.82) is 0 Å². The molecule has 1 aliphatic heterocycles. The van der Waals surface area contributed by atoms with Gasteiger partial charge >= 0.3 is 0 Å². The first kappa shape index (κ1) is 18.6. The molecule has 13 heteroatoms. The summed E-state index contributed by atoms with van der Waals surface area (Å²) in [4.78, 5) is 0.0534. The minimum atomic E-state index is -3.89. The third-order valence-corrected chi connectivity index (χ3v) is 9.17. The van der Waals surface area contributed by atoms with Crippen molar-refractivity contribution in [3.8, 4) is 0 Å². The second kappa shape index (κ2) is 6.52. The van der Waals surface area contributed by atoms with E-state index in [-0.39, 0.29) is 27.6 Å². The molecule has 0 radical (unpaired) electrons. The van der Waals surface area contributed by atoms with Crippen molar-refractivity contribution in [2.75, 3.05) is 22.5 Å². The van der Waals surface area contributed by atoms with Crippen LogP contribution >= 0.6 is 23.1 Å². The normalized spacial score (nSPS) is 20.0. The lowest BCUT2D eigenvalue weighted by Crippen LogP contribution is -2.17. The van der Waals surface area contributed by atoms with Gasteiger partial charge in [-0.25, -0.2) is 16.8 Å². The molecule has 2 aromatic rings. The van der Waals surface area contributed by atoms with E-state index in [0.717, 1.165) is 11.3 Å². The second-order valence-corrected chi connectivity index (χ2v) is 11.6. The lowest BCUT2D eigenvalue weighted by molar-refractivity contribution is 0.484. The van der Waals surface area contributed by atoms with Gasteiger partial charge in [0.1, 0.15) is 4.90 Å². The van der Waals surface area contributed by atoms with Crippen LogP contribution in [-0.2, 0) is 19.9 Å². The van der Waals surface area contributed by atoms with E-state index in [1.807, 2.05) is 6.26 Å². The van der Waals surface area contributed by atoms with Gasteiger partial charge in [-0.05, 0) is 26.5 Å². The number of hydrogen-bond donors (Lipinski definition) is 1. The maximum Gasteiger partial charge on any atom is 0.267 e. The van der Waals surface area contributed by atoms with Crippen LogP contribution in [0.3, 0.4) is 0 Å². The molecular formula is C12H17N5O4S4. The van der Waals surface area contributed by atoms with Crippen LogP contribution in [0.5, 0.6) is 0 Å². The Morgan fingerprint density at radius 1 is 1.32 bits per heavy atom. The number of rotatable bonds is 5. The molecule has 1 N–H and O–H groups in total. The highest BCUT2D eigenvalue weighted by molar-refractivity contribution is 8.00. The van der Waals surface area contributed by atoms with Gasteiger partial charge in [0.05, 0.1) is 28.9 Å². The van der Waals surface area contributed by atoms with Crippen molar-refractivity contribution in [1.82, 2.24) is 20.0 Å². The number of nitrogens with zero attached hydrogens (tertiary/aromatic N) is 4. The predicted octanol–water partition coefficient (Wildman–Crippen LogP) is 1.23. The van der Waals surface area contributed by atoms with Crippen LogP contribution in [0.1, 0.15) is 23.9 Å². The number of sulfonamides is 1. The zero-order valence-corrected chi connectivity index (χ0v) is 17.0. The molecule has 138 valence electrons. The van der Waals surface area contributed by atoms with Crippen molar-refractivity contribution < 1.29 is 16.8 Å². The SMILES string of the molecule is CSc1nnc(NS(=O)(=O)c2c(C)nn(C3CCS(=O)(=O)C3)c2C)s1.